The summed E-state index contributed by atoms with van der Waals surface area (Å²) in [5, 5.41) is 0. The van der Waals surface area contributed by atoms with Gasteiger partial charge in [-0.2, -0.15) is 0 Å². The molecule has 0 aliphatic heterocycles. The van der Waals surface area contributed by atoms with Crippen molar-refractivity contribution in [3.8, 4) is 11.5 Å². The molecule has 0 aliphatic carbocycles. The van der Waals surface area contributed by atoms with Crippen LogP contribution in [0.4, 0.5) is 0 Å². The molecule has 0 aromatic heterocycles. The van der Waals surface area contributed by atoms with Crippen molar-refractivity contribution in [1.82, 2.24) is 0 Å². The van der Waals surface area contributed by atoms with Crippen molar-refractivity contribution in [2.24, 2.45) is 0 Å². The van der Waals surface area contributed by atoms with E-state index in [1.54, 1.807) is 20.1 Å². The lowest BCUT2D eigenvalue weighted by molar-refractivity contribution is -0.137. The minimum Gasteiger partial charge on any atom is -0.493 e. The van der Waals surface area contributed by atoms with Crippen LogP contribution in [-0.4, -0.2) is 19.7 Å². The first-order valence-corrected chi connectivity index (χ1v) is 9.50. The van der Waals surface area contributed by atoms with Crippen molar-refractivity contribution >= 4 is 50.6 Å². The number of hydrogen-bond donors (Lipinski definition) is 0. The van der Waals surface area contributed by atoms with Gasteiger partial charge in [-0.15, -0.1) is 0 Å². The summed E-state index contributed by atoms with van der Waals surface area (Å²) in [5.74, 6) is 0.930. The molecule has 0 aliphatic rings. The summed E-state index contributed by atoms with van der Waals surface area (Å²) in [7, 11) is 1.59. The molecule has 2 aromatic rings. The zero-order chi connectivity index (χ0) is 18.2. The number of rotatable bonds is 7. The van der Waals surface area contributed by atoms with Crippen LogP contribution in [0.1, 0.15) is 18.1 Å². The van der Waals surface area contributed by atoms with E-state index in [1.807, 2.05) is 36.4 Å². The van der Waals surface area contributed by atoms with Crippen LogP contribution in [0.2, 0.25) is 0 Å². The van der Waals surface area contributed by atoms with E-state index >= 15 is 0 Å². The number of carbonyl (C=O) groups excluding carboxylic acids is 1. The second-order valence-electron chi connectivity index (χ2n) is 5.03. The van der Waals surface area contributed by atoms with Gasteiger partial charge < -0.3 is 14.2 Å². The summed E-state index contributed by atoms with van der Waals surface area (Å²) in [6, 6.07) is 11.7. The molecule has 0 N–H and O–H groups in total. The topological polar surface area (TPSA) is 44.8 Å². The Morgan fingerprint density at radius 1 is 1.24 bits per heavy atom. The largest absolute Gasteiger partial charge is 0.493 e. The van der Waals surface area contributed by atoms with Crippen LogP contribution >= 0.6 is 38.5 Å². The molecule has 0 saturated heterocycles. The number of ether oxygens (including phenoxy) is 3. The van der Waals surface area contributed by atoms with Crippen LogP contribution in [0.25, 0.3) is 6.08 Å². The van der Waals surface area contributed by atoms with Gasteiger partial charge in [0.05, 0.1) is 17.3 Å². The van der Waals surface area contributed by atoms with Crippen molar-refractivity contribution < 1.29 is 19.0 Å². The van der Waals surface area contributed by atoms with Crippen molar-refractivity contribution in [2.45, 2.75) is 13.5 Å². The number of benzene rings is 2. The summed E-state index contributed by atoms with van der Waals surface area (Å²) in [4.78, 5) is 11.4. The van der Waals surface area contributed by atoms with Crippen LogP contribution < -0.4 is 9.47 Å². The van der Waals surface area contributed by atoms with Gasteiger partial charge in [0.15, 0.2) is 11.5 Å². The molecule has 0 unspecified atom stereocenters. The second-order valence-corrected chi connectivity index (χ2v) is 7.11. The molecule has 0 bridgehead atoms. The Balaban J connectivity index is 2.15. The molecule has 25 heavy (non-hydrogen) atoms. The Morgan fingerprint density at radius 2 is 1.96 bits per heavy atom. The standard InChI is InChI=1S/C19H18BrIO4/c1-3-24-18(22)9-6-14-10-16(21)19(17(11-14)23-2)25-12-13-4-7-15(20)8-5-13/h4-11H,3,12H2,1-2H3/b9-6+. The Kier molecular flexibility index (Phi) is 7.77. The summed E-state index contributed by atoms with van der Waals surface area (Å²) in [6.45, 7) is 2.57. The SMILES string of the molecule is CCOC(=O)/C=C/c1cc(I)c(OCc2ccc(Br)cc2)c(OC)c1. The average Bonchev–Trinajstić information content (AvgIpc) is 2.60. The van der Waals surface area contributed by atoms with Crippen molar-refractivity contribution in [2.75, 3.05) is 13.7 Å². The highest BCUT2D eigenvalue weighted by atomic mass is 127. The van der Waals surface area contributed by atoms with E-state index < -0.39 is 0 Å². The molecular formula is C19H18BrIO4. The van der Waals surface area contributed by atoms with Crippen molar-refractivity contribution in [3.05, 3.63) is 61.6 Å². The van der Waals surface area contributed by atoms with Crippen LogP contribution in [-0.2, 0) is 16.1 Å². The molecule has 0 radical (unpaired) electrons. The Bertz CT molecular complexity index is 757. The third kappa shape index (κ3) is 6.04. The molecular weight excluding hydrogens is 499 g/mol. The third-order valence-corrected chi connectivity index (χ3v) is 4.58. The summed E-state index contributed by atoms with van der Waals surface area (Å²) in [5.41, 5.74) is 1.90. The molecule has 6 heteroatoms. The summed E-state index contributed by atoms with van der Waals surface area (Å²) < 4.78 is 18.2. The fraction of sp³-hybridized carbons (Fsp3) is 0.211. The first-order chi connectivity index (χ1) is 12.0. The molecule has 0 amide bonds. The van der Waals surface area contributed by atoms with Gasteiger partial charge in [-0.25, -0.2) is 4.79 Å². The lowest BCUT2D eigenvalue weighted by Gasteiger charge is -2.14. The van der Waals surface area contributed by atoms with Crippen LogP contribution in [0.15, 0.2) is 46.9 Å². The first-order valence-electron chi connectivity index (χ1n) is 7.63. The zero-order valence-electron chi connectivity index (χ0n) is 13.9. The van der Waals surface area contributed by atoms with E-state index in [0.717, 1.165) is 19.2 Å². The van der Waals surface area contributed by atoms with E-state index in [2.05, 4.69) is 38.5 Å². The fourth-order valence-electron chi connectivity index (χ4n) is 2.07. The van der Waals surface area contributed by atoms with E-state index in [9.17, 15) is 4.79 Å². The highest BCUT2D eigenvalue weighted by molar-refractivity contribution is 14.1. The molecule has 0 heterocycles. The highest BCUT2D eigenvalue weighted by Gasteiger charge is 2.11. The lowest BCUT2D eigenvalue weighted by Crippen LogP contribution is -2.01. The van der Waals surface area contributed by atoms with Gasteiger partial charge in [-0.3, -0.25) is 0 Å². The number of carbonyl (C=O) groups is 1. The van der Waals surface area contributed by atoms with E-state index in [-0.39, 0.29) is 5.97 Å². The number of methoxy groups -OCH3 is 1. The van der Waals surface area contributed by atoms with Crippen LogP contribution in [0.3, 0.4) is 0 Å². The molecule has 0 atom stereocenters. The van der Waals surface area contributed by atoms with Gasteiger partial charge in [-0.05, 0) is 71.0 Å². The maximum Gasteiger partial charge on any atom is 0.330 e. The maximum atomic E-state index is 11.4. The van der Waals surface area contributed by atoms with Gasteiger partial charge in [0.25, 0.3) is 0 Å². The van der Waals surface area contributed by atoms with E-state index in [0.29, 0.717) is 24.7 Å². The van der Waals surface area contributed by atoms with Crippen molar-refractivity contribution in [1.29, 1.82) is 0 Å². The molecule has 0 saturated carbocycles. The van der Waals surface area contributed by atoms with Gasteiger partial charge in [-0.1, -0.05) is 28.1 Å². The minimum absolute atomic E-state index is 0.354. The first kappa shape index (κ1) is 19.8. The molecule has 2 rings (SSSR count). The summed E-state index contributed by atoms with van der Waals surface area (Å²) in [6.07, 6.45) is 3.10. The smallest absolute Gasteiger partial charge is 0.330 e. The predicted octanol–water partition coefficient (Wildman–Crippen LogP) is 5.22. The zero-order valence-corrected chi connectivity index (χ0v) is 17.7. The third-order valence-electron chi connectivity index (χ3n) is 3.25. The molecule has 0 fully saturated rings. The quantitative estimate of drug-likeness (QED) is 0.287. The monoisotopic (exact) mass is 516 g/mol. The number of esters is 1. The van der Waals surface area contributed by atoms with Gasteiger partial charge in [0.2, 0.25) is 0 Å². The molecule has 4 nitrogen and oxygen atoms in total. The summed E-state index contributed by atoms with van der Waals surface area (Å²) >= 11 is 5.61. The van der Waals surface area contributed by atoms with Crippen molar-refractivity contribution in [3.63, 3.8) is 0 Å². The predicted molar refractivity (Wildman–Crippen MR) is 110 cm³/mol. The normalized spacial score (nSPS) is 10.7. The van der Waals surface area contributed by atoms with Crippen LogP contribution in [0, 0.1) is 3.57 Å². The highest BCUT2D eigenvalue weighted by Crippen LogP contribution is 2.35. The second kappa shape index (κ2) is 9.82. The maximum absolute atomic E-state index is 11.4. The average molecular weight is 517 g/mol. The lowest BCUT2D eigenvalue weighted by atomic mass is 10.2. The van der Waals surface area contributed by atoms with E-state index in [4.69, 9.17) is 14.2 Å². The number of hydrogen-bond acceptors (Lipinski definition) is 4. The molecule has 2 aromatic carbocycles. The van der Waals surface area contributed by atoms with Crippen LogP contribution in [0.5, 0.6) is 11.5 Å². The minimum atomic E-state index is -0.368. The Labute approximate surface area is 169 Å². The fourth-order valence-corrected chi connectivity index (χ4v) is 3.11. The number of halogens is 2. The van der Waals surface area contributed by atoms with Gasteiger partial charge >= 0.3 is 5.97 Å². The molecule has 0 spiro atoms. The molecule has 132 valence electrons. The van der Waals surface area contributed by atoms with E-state index in [1.165, 1.54) is 6.08 Å². The Morgan fingerprint density at radius 3 is 2.60 bits per heavy atom. The van der Waals surface area contributed by atoms with Gasteiger partial charge in [0, 0.05) is 10.5 Å². The van der Waals surface area contributed by atoms with Gasteiger partial charge in [0.1, 0.15) is 6.61 Å². The Hall–Kier alpha value is -1.54.